The molecular weight excluding hydrogens is 350 g/mol. The molecule has 2 aromatic carbocycles. The van der Waals surface area contributed by atoms with Gasteiger partial charge in [-0.2, -0.15) is 0 Å². The first-order chi connectivity index (χ1) is 11.4. The van der Waals surface area contributed by atoms with Gasteiger partial charge in [-0.05, 0) is 48.4 Å². The molecule has 0 aliphatic heterocycles. The van der Waals surface area contributed by atoms with Crippen LogP contribution in [0.5, 0.6) is 5.75 Å². The van der Waals surface area contributed by atoms with Gasteiger partial charge in [0.05, 0.1) is 11.5 Å². The maximum absolute atomic E-state index is 12.4. The second-order valence-electron chi connectivity index (χ2n) is 5.22. The zero-order chi connectivity index (χ0) is 17.6. The van der Waals surface area contributed by atoms with E-state index in [1.54, 1.807) is 50.4 Å². The van der Waals surface area contributed by atoms with Crippen LogP contribution in [0.15, 0.2) is 47.4 Å². The van der Waals surface area contributed by atoms with Crippen LogP contribution in [0, 0.1) is 6.92 Å². The molecule has 0 bridgehead atoms. The lowest BCUT2D eigenvalue weighted by Gasteiger charge is -2.11. The van der Waals surface area contributed by atoms with Gasteiger partial charge in [0.2, 0.25) is 10.0 Å². The molecule has 24 heavy (non-hydrogen) atoms. The highest BCUT2D eigenvalue weighted by molar-refractivity contribution is 7.89. The molecule has 0 saturated carbocycles. The lowest BCUT2D eigenvalue weighted by Crippen LogP contribution is -2.23. The first-order valence-corrected chi connectivity index (χ1v) is 9.25. The number of ether oxygens (including phenoxy) is 2. The summed E-state index contributed by atoms with van der Waals surface area (Å²) in [6.45, 7) is 2.89. The molecule has 0 aliphatic rings. The number of methoxy groups -OCH3 is 1. The first-order valence-electron chi connectivity index (χ1n) is 7.39. The van der Waals surface area contributed by atoms with Crippen molar-refractivity contribution in [3.63, 3.8) is 0 Å². The minimum Gasteiger partial charge on any atom is -0.491 e. The molecule has 0 spiro atoms. The highest BCUT2D eigenvalue weighted by atomic mass is 35.5. The number of nitrogens with one attached hydrogen (secondary N) is 1. The summed E-state index contributed by atoms with van der Waals surface area (Å²) in [5, 5.41) is 0.612. The largest absolute Gasteiger partial charge is 0.491 e. The van der Waals surface area contributed by atoms with Crippen LogP contribution in [0.3, 0.4) is 0 Å². The molecule has 5 nitrogen and oxygen atoms in total. The van der Waals surface area contributed by atoms with Gasteiger partial charge in [0.25, 0.3) is 0 Å². The number of rotatable bonds is 8. The summed E-state index contributed by atoms with van der Waals surface area (Å²) in [7, 11) is -2.00. The van der Waals surface area contributed by atoms with E-state index in [9.17, 15) is 8.42 Å². The third-order valence-electron chi connectivity index (χ3n) is 3.38. The van der Waals surface area contributed by atoms with Crippen LogP contribution in [0.2, 0.25) is 5.02 Å². The van der Waals surface area contributed by atoms with Crippen molar-refractivity contribution in [2.75, 3.05) is 20.3 Å². The van der Waals surface area contributed by atoms with Crippen LogP contribution in [-0.4, -0.2) is 28.7 Å². The van der Waals surface area contributed by atoms with E-state index in [4.69, 9.17) is 21.1 Å². The Morgan fingerprint density at radius 2 is 1.79 bits per heavy atom. The Labute approximate surface area is 147 Å². The van der Waals surface area contributed by atoms with Gasteiger partial charge in [0.1, 0.15) is 12.4 Å². The number of aryl methyl sites for hydroxylation is 1. The first kappa shape index (κ1) is 18.7. The fourth-order valence-electron chi connectivity index (χ4n) is 2.05. The van der Waals surface area contributed by atoms with Crippen molar-refractivity contribution in [3.05, 3.63) is 58.6 Å². The van der Waals surface area contributed by atoms with Crippen LogP contribution in [0.4, 0.5) is 0 Å². The normalized spacial score (nSPS) is 11.5. The predicted octanol–water partition coefficient (Wildman–Crippen LogP) is 3.15. The maximum atomic E-state index is 12.4. The van der Waals surface area contributed by atoms with Crippen molar-refractivity contribution < 1.29 is 17.9 Å². The van der Waals surface area contributed by atoms with Gasteiger partial charge < -0.3 is 9.47 Å². The van der Waals surface area contributed by atoms with Crippen molar-refractivity contribution in [1.82, 2.24) is 4.72 Å². The highest BCUT2D eigenvalue weighted by Gasteiger charge is 2.15. The molecule has 0 aromatic heterocycles. The van der Waals surface area contributed by atoms with Gasteiger partial charge in [-0.25, -0.2) is 13.1 Å². The molecule has 0 fully saturated rings. The average molecular weight is 370 g/mol. The number of hydrogen-bond donors (Lipinski definition) is 1. The SMILES string of the molecule is COCCOc1ccc(S(=O)(=O)NCc2ccc(Cl)cc2)cc1C. The Kier molecular flexibility index (Phi) is 6.62. The Balaban J connectivity index is 2.05. The Bertz CT molecular complexity index is 776. The quantitative estimate of drug-likeness (QED) is 0.726. The number of sulfonamides is 1. The lowest BCUT2D eigenvalue weighted by atomic mass is 10.2. The van der Waals surface area contributed by atoms with Gasteiger partial charge in [-0.15, -0.1) is 0 Å². The van der Waals surface area contributed by atoms with Crippen molar-refractivity contribution in [2.24, 2.45) is 0 Å². The van der Waals surface area contributed by atoms with E-state index in [1.165, 1.54) is 6.07 Å². The molecule has 0 atom stereocenters. The standard InChI is InChI=1S/C17H20ClNO4S/c1-13-11-16(7-8-17(13)23-10-9-22-2)24(20,21)19-12-14-3-5-15(18)6-4-14/h3-8,11,19H,9-10,12H2,1-2H3. The summed E-state index contributed by atoms with van der Waals surface area (Å²) >= 11 is 5.82. The van der Waals surface area contributed by atoms with Crippen molar-refractivity contribution in [1.29, 1.82) is 0 Å². The summed E-state index contributed by atoms with van der Waals surface area (Å²) in [6.07, 6.45) is 0. The molecule has 0 unspecified atom stereocenters. The smallest absolute Gasteiger partial charge is 0.240 e. The number of benzene rings is 2. The van der Waals surface area contributed by atoms with Crippen LogP contribution in [0.25, 0.3) is 0 Å². The van der Waals surface area contributed by atoms with Crippen LogP contribution < -0.4 is 9.46 Å². The molecule has 0 amide bonds. The van der Waals surface area contributed by atoms with Gasteiger partial charge in [0, 0.05) is 18.7 Å². The Hall–Kier alpha value is -1.60. The van der Waals surface area contributed by atoms with Crippen molar-refractivity contribution in [2.45, 2.75) is 18.4 Å². The summed E-state index contributed by atoms with van der Waals surface area (Å²) in [4.78, 5) is 0.202. The molecule has 0 aliphatic carbocycles. The van der Waals surface area contributed by atoms with Gasteiger partial charge in [0.15, 0.2) is 0 Å². The van der Waals surface area contributed by atoms with E-state index in [0.717, 1.165) is 11.1 Å². The minimum atomic E-state index is -3.60. The second kappa shape index (κ2) is 8.48. The van der Waals surface area contributed by atoms with Crippen molar-refractivity contribution >= 4 is 21.6 Å². The number of halogens is 1. The van der Waals surface area contributed by atoms with Crippen LogP contribution >= 0.6 is 11.6 Å². The number of hydrogen-bond acceptors (Lipinski definition) is 4. The third kappa shape index (κ3) is 5.21. The third-order valence-corrected chi connectivity index (χ3v) is 5.03. The molecule has 0 heterocycles. The Morgan fingerprint density at radius 3 is 2.42 bits per heavy atom. The topological polar surface area (TPSA) is 64.6 Å². The minimum absolute atomic E-state index is 0.199. The average Bonchev–Trinajstić information content (AvgIpc) is 2.56. The monoisotopic (exact) mass is 369 g/mol. The van der Waals surface area contributed by atoms with E-state index in [-0.39, 0.29) is 11.4 Å². The van der Waals surface area contributed by atoms with E-state index < -0.39 is 10.0 Å². The Morgan fingerprint density at radius 1 is 1.08 bits per heavy atom. The van der Waals surface area contributed by atoms with E-state index in [1.807, 2.05) is 0 Å². The van der Waals surface area contributed by atoms with Crippen molar-refractivity contribution in [3.8, 4) is 5.75 Å². The molecule has 2 aromatic rings. The zero-order valence-corrected chi connectivity index (χ0v) is 15.2. The highest BCUT2D eigenvalue weighted by Crippen LogP contribution is 2.22. The molecule has 2 rings (SSSR count). The fourth-order valence-corrected chi connectivity index (χ4v) is 3.28. The lowest BCUT2D eigenvalue weighted by molar-refractivity contribution is 0.146. The molecule has 0 saturated heterocycles. The maximum Gasteiger partial charge on any atom is 0.240 e. The van der Waals surface area contributed by atoms with Crippen LogP contribution in [0.1, 0.15) is 11.1 Å². The molecular formula is C17H20ClNO4S. The van der Waals surface area contributed by atoms with Crippen LogP contribution in [-0.2, 0) is 21.3 Å². The second-order valence-corrected chi connectivity index (χ2v) is 7.42. The molecule has 7 heteroatoms. The van der Waals surface area contributed by atoms with E-state index >= 15 is 0 Å². The summed E-state index contributed by atoms with van der Waals surface area (Å²) in [5.41, 5.74) is 1.58. The predicted molar refractivity (Wildman–Crippen MR) is 94.0 cm³/mol. The van der Waals surface area contributed by atoms with Gasteiger partial charge in [-0.3, -0.25) is 0 Å². The van der Waals surface area contributed by atoms with E-state index in [2.05, 4.69) is 4.72 Å². The summed E-state index contributed by atoms with van der Waals surface area (Å²) in [6, 6.07) is 11.8. The van der Waals surface area contributed by atoms with Gasteiger partial charge in [-0.1, -0.05) is 23.7 Å². The zero-order valence-electron chi connectivity index (χ0n) is 13.6. The summed E-state index contributed by atoms with van der Waals surface area (Å²) < 4.78 is 37.8. The van der Waals surface area contributed by atoms with E-state index in [0.29, 0.717) is 24.0 Å². The molecule has 1 N–H and O–H groups in total. The summed E-state index contributed by atoms with van der Waals surface area (Å²) in [5.74, 6) is 0.642. The van der Waals surface area contributed by atoms with Gasteiger partial charge >= 0.3 is 0 Å². The molecule has 130 valence electrons. The fraction of sp³-hybridized carbons (Fsp3) is 0.294. The molecule has 0 radical (unpaired) electrons.